The number of fused-ring (bicyclic) bond motifs is 1. The van der Waals surface area contributed by atoms with Crippen molar-refractivity contribution in [3.05, 3.63) is 16.6 Å². The Morgan fingerprint density at radius 3 is 2.67 bits per heavy atom. The van der Waals surface area contributed by atoms with Gasteiger partial charge in [-0.2, -0.15) is 0 Å². The van der Waals surface area contributed by atoms with Crippen LogP contribution in [-0.2, 0) is 4.79 Å². The van der Waals surface area contributed by atoms with Gasteiger partial charge in [0.25, 0.3) is 0 Å². The molecule has 21 heavy (non-hydrogen) atoms. The molecule has 6 heteroatoms. The number of rotatable bonds is 2. The summed E-state index contributed by atoms with van der Waals surface area (Å²) in [5.74, 6) is 1.39. The van der Waals surface area contributed by atoms with Crippen molar-refractivity contribution in [1.29, 1.82) is 0 Å². The largest absolute Gasteiger partial charge is 0.486 e. The number of carbonyl (C=O) groups excluding carboxylic acids is 1. The first-order chi connectivity index (χ1) is 10.1. The summed E-state index contributed by atoms with van der Waals surface area (Å²) in [6, 6.07) is 3.77. The van der Waals surface area contributed by atoms with Crippen LogP contribution in [0, 0.1) is 5.92 Å². The third-order valence-electron chi connectivity index (χ3n) is 3.98. The smallest absolute Gasteiger partial charge is 0.227 e. The molecule has 1 aliphatic heterocycles. The van der Waals surface area contributed by atoms with Gasteiger partial charge in [0, 0.05) is 28.6 Å². The van der Waals surface area contributed by atoms with Gasteiger partial charge in [0.05, 0.1) is 5.69 Å². The van der Waals surface area contributed by atoms with E-state index in [1.807, 2.05) is 6.07 Å². The number of halogens is 1. The second-order valence-corrected chi connectivity index (χ2v) is 6.44. The van der Waals surface area contributed by atoms with E-state index in [-0.39, 0.29) is 17.9 Å². The fraction of sp³-hybridized carbons (Fsp3) is 0.533. The van der Waals surface area contributed by atoms with Gasteiger partial charge < -0.3 is 20.5 Å². The maximum absolute atomic E-state index is 12.4. The van der Waals surface area contributed by atoms with Crippen molar-refractivity contribution in [3.8, 4) is 11.5 Å². The summed E-state index contributed by atoms with van der Waals surface area (Å²) in [5, 5.41) is 2.97. The molecule has 1 amide bonds. The summed E-state index contributed by atoms with van der Waals surface area (Å²) in [4.78, 5) is 12.4. The zero-order valence-electron chi connectivity index (χ0n) is 11.7. The maximum atomic E-state index is 12.4. The van der Waals surface area contributed by atoms with E-state index in [9.17, 15) is 4.79 Å². The lowest BCUT2D eigenvalue weighted by molar-refractivity contribution is -0.120. The Balaban J connectivity index is 1.73. The lowest BCUT2D eigenvalue weighted by Gasteiger charge is -2.26. The Kier molecular flexibility index (Phi) is 4.35. The third-order valence-corrected chi connectivity index (χ3v) is 4.63. The Labute approximate surface area is 132 Å². The van der Waals surface area contributed by atoms with Crippen LogP contribution in [0.25, 0.3) is 0 Å². The van der Waals surface area contributed by atoms with Gasteiger partial charge in [-0.25, -0.2) is 0 Å². The van der Waals surface area contributed by atoms with Crippen LogP contribution >= 0.6 is 15.9 Å². The molecule has 5 nitrogen and oxygen atoms in total. The first-order valence-corrected chi connectivity index (χ1v) is 8.08. The topological polar surface area (TPSA) is 73.6 Å². The average molecular weight is 355 g/mol. The molecule has 1 aliphatic carbocycles. The summed E-state index contributed by atoms with van der Waals surface area (Å²) in [6.07, 6.45) is 3.69. The van der Waals surface area contributed by atoms with Gasteiger partial charge in [-0.15, -0.1) is 0 Å². The van der Waals surface area contributed by atoms with Crippen molar-refractivity contribution in [3.63, 3.8) is 0 Å². The number of hydrogen-bond donors (Lipinski definition) is 2. The first kappa shape index (κ1) is 14.7. The van der Waals surface area contributed by atoms with Crippen LogP contribution in [0.5, 0.6) is 11.5 Å². The predicted octanol–water partition coefficient (Wildman–Crippen LogP) is 2.68. The molecule has 0 bridgehead atoms. The molecule has 3 N–H and O–H groups in total. The second kappa shape index (κ2) is 6.23. The molecule has 1 saturated carbocycles. The van der Waals surface area contributed by atoms with Crippen molar-refractivity contribution in [2.75, 3.05) is 18.5 Å². The molecule has 3 rings (SSSR count). The normalized spacial score (nSPS) is 24.5. The molecule has 1 aromatic carbocycles. The van der Waals surface area contributed by atoms with Crippen LogP contribution < -0.4 is 20.5 Å². The molecule has 1 heterocycles. The molecule has 0 aromatic heterocycles. The molecule has 2 atom stereocenters. The van der Waals surface area contributed by atoms with Crippen LogP contribution in [0.4, 0.5) is 5.69 Å². The Bertz CT molecular complexity index is 550. The van der Waals surface area contributed by atoms with Gasteiger partial charge in [0.2, 0.25) is 5.91 Å². The van der Waals surface area contributed by atoms with E-state index in [1.54, 1.807) is 6.07 Å². The number of nitrogens with one attached hydrogen (secondary N) is 1. The van der Waals surface area contributed by atoms with Gasteiger partial charge in [0.15, 0.2) is 11.5 Å². The SMILES string of the molecule is NC1CCCC(C(=O)Nc2cc3c(cc2Br)OCCO3)C1. The van der Waals surface area contributed by atoms with E-state index < -0.39 is 0 Å². The molecule has 0 spiro atoms. The first-order valence-electron chi connectivity index (χ1n) is 7.29. The van der Waals surface area contributed by atoms with Crippen LogP contribution in [-0.4, -0.2) is 25.2 Å². The fourth-order valence-corrected chi connectivity index (χ4v) is 3.28. The molecule has 0 radical (unpaired) electrons. The molecular formula is C15H19BrN2O3. The van der Waals surface area contributed by atoms with Gasteiger partial charge >= 0.3 is 0 Å². The third kappa shape index (κ3) is 3.32. The lowest BCUT2D eigenvalue weighted by atomic mass is 9.85. The number of anilines is 1. The van der Waals surface area contributed by atoms with Crippen molar-refractivity contribution in [2.24, 2.45) is 11.7 Å². The fourth-order valence-electron chi connectivity index (χ4n) is 2.86. The quantitative estimate of drug-likeness (QED) is 0.856. The number of ether oxygens (including phenoxy) is 2. The summed E-state index contributed by atoms with van der Waals surface area (Å²) in [5.41, 5.74) is 6.66. The highest BCUT2D eigenvalue weighted by Gasteiger charge is 2.26. The summed E-state index contributed by atoms with van der Waals surface area (Å²) in [6.45, 7) is 1.07. The average Bonchev–Trinajstić information content (AvgIpc) is 2.48. The van der Waals surface area contributed by atoms with Crippen molar-refractivity contribution >= 4 is 27.5 Å². The van der Waals surface area contributed by atoms with Crippen molar-refractivity contribution < 1.29 is 14.3 Å². The minimum atomic E-state index is -0.00569. The van der Waals surface area contributed by atoms with Crippen LogP contribution in [0.2, 0.25) is 0 Å². The van der Waals surface area contributed by atoms with Gasteiger partial charge in [-0.05, 0) is 35.2 Å². The molecule has 2 aliphatic rings. The Hall–Kier alpha value is -1.27. The van der Waals surface area contributed by atoms with Crippen LogP contribution in [0.15, 0.2) is 16.6 Å². The predicted molar refractivity (Wildman–Crippen MR) is 83.7 cm³/mol. The Morgan fingerprint density at radius 1 is 1.24 bits per heavy atom. The Morgan fingerprint density at radius 2 is 1.95 bits per heavy atom. The van der Waals surface area contributed by atoms with E-state index in [2.05, 4.69) is 21.2 Å². The van der Waals surface area contributed by atoms with E-state index in [1.165, 1.54) is 0 Å². The van der Waals surface area contributed by atoms with Gasteiger partial charge in [-0.3, -0.25) is 4.79 Å². The minimum absolute atomic E-state index is 0.00569. The van der Waals surface area contributed by atoms with Crippen LogP contribution in [0.3, 0.4) is 0 Å². The highest BCUT2D eigenvalue weighted by atomic mass is 79.9. The van der Waals surface area contributed by atoms with E-state index in [0.717, 1.165) is 30.2 Å². The summed E-state index contributed by atoms with van der Waals surface area (Å²) in [7, 11) is 0. The summed E-state index contributed by atoms with van der Waals surface area (Å²) >= 11 is 3.46. The number of nitrogens with two attached hydrogens (primary N) is 1. The number of benzene rings is 1. The number of hydrogen-bond acceptors (Lipinski definition) is 4. The van der Waals surface area contributed by atoms with E-state index in [4.69, 9.17) is 15.2 Å². The van der Waals surface area contributed by atoms with E-state index in [0.29, 0.717) is 30.4 Å². The van der Waals surface area contributed by atoms with E-state index >= 15 is 0 Å². The maximum Gasteiger partial charge on any atom is 0.227 e. The molecular weight excluding hydrogens is 336 g/mol. The number of carbonyl (C=O) groups is 1. The monoisotopic (exact) mass is 354 g/mol. The molecule has 1 fully saturated rings. The zero-order valence-corrected chi connectivity index (χ0v) is 13.3. The van der Waals surface area contributed by atoms with Crippen molar-refractivity contribution in [1.82, 2.24) is 0 Å². The zero-order chi connectivity index (χ0) is 14.8. The molecule has 1 aromatic rings. The molecule has 0 saturated heterocycles. The van der Waals surface area contributed by atoms with Gasteiger partial charge in [-0.1, -0.05) is 6.42 Å². The number of amides is 1. The van der Waals surface area contributed by atoms with Gasteiger partial charge in [0.1, 0.15) is 13.2 Å². The molecule has 2 unspecified atom stereocenters. The molecule has 114 valence electrons. The summed E-state index contributed by atoms with van der Waals surface area (Å²) < 4.78 is 11.8. The standard InChI is InChI=1S/C15H19BrN2O3/c16-11-7-13-14(21-5-4-20-13)8-12(11)18-15(19)9-2-1-3-10(17)6-9/h7-10H,1-6,17H2,(H,18,19). The minimum Gasteiger partial charge on any atom is -0.486 e. The lowest BCUT2D eigenvalue weighted by Crippen LogP contribution is -2.34. The van der Waals surface area contributed by atoms with Crippen molar-refractivity contribution in [2.45, 2.75) is 31.7 Å². The second-order valence-electron chi connectivity index (χ2n) is 5.59. The highest BCUT2D eigenvalue weighted by molar-refractivity contribution is 9.10. The highest BCUT2D eigenvalue weighted by Crippen LogP contribution is 2.38. The van der Waals surface area contributed by atoms with Crippen LogP contribution in [0.1, 0.15) is 25.7 Å².